The van der Waals surface area contributed by atoms with Crippen LogP contribution in [0, 0.1) is 6.92 Å². The van der Waals surface area contributed by atoms with Crippen LogP contribution < -0.4 is 10.2 Å². The number of methoxy groups -OCH3 is 2. The third kappa shape index (κ3) is 6.91. The number of benzene rings is 1. The lowest BCUT2D eigenvalue weighted by Gasteiger charge is -2.37. The van der Waals surface area contributed by atoms with E-state index < -0.39 is 17.5 Å². The molecule has 1 saturated heterocycles. The van der Waals surface area contributed by atoms with Crippen LogP contribution in [0.2, 0.25) is 0 Å². The van der Waals surface area contributed by atoms with Crippen LogP contribution in [0.5, 0.6) is 0 Å². The van der Waals surface area contributed by atoms with E-state index in [0.717, 1.165) is 17.3 Å². The number of piperazine rings is 1. The van der Waals surface area contributed by atoms with Gasteiger partial charge in [0.15, 0.2) is 0 Å². The zero-order valence-electron chi connectivity index (χ0n) is 19.0. The van der Waals surface area contributed by atoms with Crippen molar-refractivity contribution in [1.82, 2.24) is 4.90 Å². The number of nitrogens with one attached hydrogen (secondary N) is 1. The van der Waals surface area contributed by atoms with Crippen molar-refractivity contribution in [3.63, 3.8) is 0 Å². The van der Waals surface area contributed by atoms with Gasteiger partial charge in [0.05, 0.1) is 20.3 Å². The van der Waals surface area contributed by atoms with Crippen LogP contribution in [0.3, 0.4) is 0 Å². The first-order valence-corrected chi connectivity index (χ1v) is 10.0. The molecule has 1 aliphatic rings. The second kappa shape index (κ2) is 10.2. The van der Waals surface area contributed by atoms with Crippen LogP contribution in [0.1, 0.15) is 26.3 Å². The molecule has 1 aromatic rings. The number of carbonyl (C=O) groups excluding carboxylic acids is 3. The smallest absolute Gasteiger partial charge is 0.410 e. The van der Waals surface area contributed by atoms with Crippen molar-refractivity contribution in [2.75, 3.05) is 50.6 Å². The van der Waals surface area contributed by atoms with E-state index in [2.05, 4.69) is 15.0 Å². The van der Waals surface area contributed by atoms with Crippen molar-refractivity contribution < 1.29 is 28.6 Å². The lowest BCUT2D eigenvalue weighted by Crippen LogP contribution is -2.50. The van der Waals surface area contributed by atoms with E-state index in [9.17, 15) is 14.4 Å². The van der Waals surface area contributed by atoms with Crippen LogP contribution in [0.25, 0.3) is 0 Å². The van der Waals surface area contributed by atoms with Gasteiger partial charge in [0.25, 0.3) is 0 Å². The monoisotopic (exact) mass is 433 g/mol. The summed E-state index contributed by atoms with van der Waals surface area (Å²) in [7, 11) is 2.47. The predicted octanol–water partition coefficient (Wildman–Crippen LogP) is 2.69. The van der Waals surface area contributed by atoms with E-state index in [1.54, 1.807) is 4.90 Å². The molecule has 0 bridgehead atoms. The van der Waals surface area contributed by atoms with Gasteiger partial charge < -0.3 is 29.3 Å². The molecular formula is C22H31N3O6. The molecule has 0 aromatic heterocycles. The molecule has 9 nitrogen and oxygen atoms in total. The third-order valence-electron chi connectivity index (χ3n) is 4.62. The fourth-order valence-electron chi connectivity index (χ4n) is 3.13. The Morgan fingerprint density at radius 3 is 2.19 bits per heavy atom. The van der Waals surface area contributed by atoms with E-state index in [1.807, 2.05) is 45.9 Å². The quantitative estimate of drug-likeness (QED) is 0.430. The number of anilines is 2. The summed E-state index contributed by atoms with van der Waals surface area (Å²) in [5.41, 5.74) is 2.12. The Kier molecular flexibility index (Phi) is 7.90. The Bertz CT molecular complexity index is 851. The SMILES string of the molecule is COC(=O)/C=C(/Nc1ccc(N2CCN(C(=O)OC(C)(C)C)CC2)c(C)c1)C(=O)OC. The second-order valence-corrected chi connectivity index (χ2v) is 8.15. The molecule has 0 saturated carbocycles. The molecular weight excluding hydrogens is 402 g/mol. The zero-order valence-corrected chi connectivity index (χ0v) is 19.0. The van der Waals surface area contributed by atoms with Gasteiger partial charge in [-0.05, 0) is 51.5 Å². The predicted molar refractivity (Wildman–Crippen MR) is 117 cm³/mol. The molecule has 1 amide bonds. The molecule has 1 aromatic carbocycles. The molecule has 0 atom stereocenters. The summed E-state index contributed by atoms with van der Waals surface area (Å²) >= 11 is 0. The number of hydrogen-bond donors (Lipinski definition) is 1. The molecule has 170 valence electrons. The summed E-state index contributed by atoms with van der Waals surface area (Å²) in [4.78, 5) is 39.6. The van der Waals surface area contributed by atoms with Crippen LogP contribution in [0.15, 0.2) is 30.0 Å². The summed E-state index contributed by atoms with van der Waals surface area (Å²) in [5.74, 6) is -1.34. The summed E-state index contributed by atoms with van der Waals surface area (Å²) in [6.07, 6.45) is 0.751. The molecule has 2 rings (SSSR count). The summed E-state index contributed by atoms with van der Waals surface area (Å²) in [6.45, 7) is 10.0. The van der Waals surface area contributed by atoms with E-state index in [1.165, 1.54) is 14.2 Å². The average Bonchev–Trinajstić information content (AvgIpc) is 2.71. The minimum absolute atomic E-state index is 0.0209. The van der Waals surface area contributed by atoms with Crippen molar-refractivity contribution in [2.24, 2.45) is 0 Å². The highest BCUT2D eigenvalue weighted by molar-refractivity contribution is 5.98. The minimum Gasteiger partial charge on any atom is -0.466 e. The highest BCUT2D eigenvalue weighted by Crippen LogP contribution is 2.26. The van der Waals surface area contributed by atoms with Gasteiger partial charge in [-0.2, -0.15) is 0 Å². The van der Waals surface area contributed by atoms with Gasteiger partial charge in [-0.3, -0.25) is 0 Å². The Hall–Kier alpha value is -3.23. The lowest BCUT2D eigenvalue weighted by atomic mass is 10.1. The molecule has 9 heteroatoms. The fraction of sp³-hybridized carbons (Fsp3) is 0.500. The number of ether oxygens (including phenoxy) is 3. The largest absolute Gasteiger partial charge is 0.466 e. The Labute approximate surface area is 182 Å². The molecule has 1 aliphatic heterocycles. The number of aryl methyl sites for hydroxylation is 1. The highest BCUT2D eigenvalue weighted by atomic mass is 16.6. The normalized spacial score (nSPS) is 14.7. The molecule has 0 unspecified atom stereocenters. The van der Waals surface area contributed by atoms with E-state index in [-0.39, 0.29) is 11.8 Å². The van der Waals surface area contributed by atoms with Gasteiger partial charge in [-0.25, -0.2) is 14.4 Å². The Morgan fingerprint density at radius 2 is 1.68 bits per heavy atom. The Balaban J connectivity index is 2.06. The summed E-state index contributed by atoms with van der Waals surface area (Å²) in [5, 5.41) is 2.91. The van der Waals surface area contributed by atoms with Gasteiger partial charge in [-0.1, -0.05) is 0 Å². The van der Waals surface area contributed by atoms with Crippen LogP contribution in [0.4, 0.5) is 16.2 Å². The molecule has 1 fully saturated rings. The molecule has 0 aliphatic carbocycles. The topological polar surface area (TPSA) is 97.4 Å². The van der Waals surface area contributed by atoms with Crippen LogP contribution >= 0.6 is 0 Å². The molecule has 0 radical (unpaired) electrons. The Morgan fingerprint density at radius 1 is 1.03 bits per heavy atom. The standard InChI is InChI=1S/C22H31N3O6/c1-15-13-16(23-17(20(27)30-6)14-19(26)29-5)7-8-18(15)24-9-11-25(12-10-24)21(28)31-22(2,3)4/h7-8,13-14,23H,9-12H2,1-6H3/b17-14+. The van der Waals surface area contributed by atoms with Gasteiger partial charge in [0.2, 0.25) is 0 Å². The number of hydrogen-bond acceptors (Lipinski definition) is 8. The second-order valence-electron chi connectivity index (χ2n) is 8.15. The van der Waals surface area contributed by atoms with Crippen molar-refractivity contribution >= 4 is 29.4 Å². The lowest BCUT2D eigenvalue weighted by molar-refractivity contribution is -0.138. The first-order valence-electron chi connectivity index (χ1n) is 10.0. The number of carbonyl (C=O) groups is 3. The number of esters is 2. The maximum atomic E-state index is 12.3. The number of rotatable bonds is 5. The van der Waals surface area contributed by atoms with Gasteiger partial charge in [0, 0.05) is 37.6 Å². The first kappa shape index (κ1) is 24.0. The molecule has 0 spiro atoms. The van der Waals surface area contributed by atoms with E-state index >= 15 is 0 Å². The minimum atomic E-state index is -0.676. The summed E-state index contributed by atoms with van der Waals surface area (Å²) in [6, 6.07) is 5.63. The van der Waals surface area contributed by atoms with Crippen LogP contribution in [-0.4, -0.2) is 68.9 Å². The third-order valence-corrected chi connectivity index (χ3v) is 4.62. The van der Waals surface area contributed by atoms with Crippen LogP contribution in [-0.2, 0) is 23.8 Å². The van der Waals surface area contributed by atoms with Crippen molar-refractivity contribution in [1.29, 1.82) is 0 Å². The van der Waals surface area contributed by atoms with E-state index in [0.29, 0.717) is 31.9 Å². The maximum absolute atomic E-state index is 12.3. The highest BCUT2D eigenvalue weighted by Gasteiger charge is 2.26. The van der Waals surface area contributed by atoms with Crippen molar-refractivity contribution in [3.05, 3.63) is 35.5 Å². The molecule has 1 N–H and O–H groups in total. The number of amides is 1. The van der Waals surface area contributed by atoms with Gasteiger partial charge >= 0.3 is 18.0 Å². The fourth-order valence-corrected chi connectivity index (χ4v) is 3.13. The first-order chi connectivity index (χ1) is 14.5. The average molecular weight is 434 g/mol. The molecule has 1 heterocycles. The number of nitrogens with zero attached hydrogens (tertiary/aromatic N) is 2. The summed E-state index contributed by atoms with van der Waals surface area (Å²) < 4.78 is 14.7. The van der Waals surface area contributed by atoms with E-state index in [4.69, 9.17) is 9.47 Å². The van der Waals surface area contributed by atoms with Gasteiger partial charge in [-0.15, -0.1) is 0 Å². The molecule has 31 heavy (non-hydrogen) atoms. The van der Waals surface area contributed by atoms with Gasteiger partial charge in [0.1, 0.15) is 11.3 Å². The maximum Gasteiger partial charge on any atom is 0.410 e. The van der Waals surface area contributed by atoms with Crippen molar-refractivity contribution in [2.45, 2.75) is 33.3 Å². The van der Waals surface area contributed by atoms with Crippen molar-refractivity contribution in [3.8, 4) is 0 Å². The zero-order chi connectivity index (χ0) is 23.2.